The second-order valence-corrected chi connectivity index (χ2v) is 5.46. The van der Waals surface area contributed by atoms with Gasteiger partial charge in [-0.2, -0.15) is 0 Å². The molecule has 0 unspecified atom stereocenters. The lowest BCUT2D eigenvalue weighted by Crippen LogP contribution is -2.12. The summed E-state index contributed by atoms with van der Waals surface area (Å²) in [4.78, 5) is 12.3. The molecule has 27 heavy (non-hydrogen) atoms. The van der Waals surface area contributed by atoms with Crippen molar-refractivity contribution in [2.24, 2.45) is 0 Å². The van der Waals surface area contributed by atoms with Gasteiger partial charge in [-0.15, -0.1) is 0 Å². The predicted molar refractivity (Wildman–Crippen MR) is 82.3 cm³/mol. The monoisotopic (exact) mass is 386 g/mol. The number of benzene rings is 2. The van der Waals surface area contributed by atoms with Gasteiger partial charge >= 0.3 is 5.97 Å². The van der Waals surface area contributed by atoms with Crippen LogP contribution in [0.3, 0.4) is 0 Å². The minimum Gasteiger partial charge on any atom is -0.455 e. The molecule has 0 amide bonds. The molecule has 0 spiro atoms. The number of esters is 1. The molecule has 0 fully saturated rings. The van der Waals surface area contributed by atoms with E-state index >= 15 is 0 Å². The number of halogens is 5. The van der Waals surface area contributed by atoms with Gasteiger partial charge in [-0.25, -0.2) is 26.7 Å². The summed E-state index contributed by atoms with van der Waals surface area (Å²) in [5.41, 5.74) is -0.590. The van der Waals surface area contributed by atoms with Gasteiger partial charge in [0, 0.05) is 18.1 Å². The van der Waals surface area contributed by atoms with E-state index in [1.165, 1.54) is 7.11 Å². The maximum Gasteiger partial charge on any atom is 0.374 e. The average Bonchev–Trinajstić information content (AvgIpc) is 3.04. The molecule has 0 saturated heterocycles. The summed E-state index contributed by atoms with van der Waals surface area (Å²) >= 11 is 0. The standard InChI is InChI=1S/C18H11F5O4/c1-25-6-9-8-4-2-3-5-11(8)27-17(9)18(24)26-7-10-12(19)14(21)16(23)15(22)13(10)20/h2-5H,6-7H2,1H3. The molecular weight excluding hydrogens is 375 g/mol. The summed E-state index contributed by atoms with van der Waals surface area (Å²) in [6.07, 6.45) is 0. The fraction of sp³-hybridized carbons (Fsp3) is 0.167. The van der Waals surface area contributed by atoms with Gasteiger partial charge in [0.1, 0.15) is 12.2 Å². The quantitative estimate of drug-likeness (QED) is 0.278. The SMILES string of the molecule is COCc1c(C(=O)OCc2c(F)c(F)c(F)c(F)c2F)oc2ccccc12. The third-order valence-electron chi connectivity index (χ3n) is 3.82. The zero-order valence-corrected chi connectivity index (χ0v) is 13.7. The number of hydrogen-bond donors (Lipinski definition) is 0. The van der Waals surface area contributed by atoms with Crippen LogP contribution >= 0.6 is 0 Å². The van der Waals surface area contributed by atoms with Gasteiger partial charge in [0.15, 0.2) is 23.3 Å². The van der Waals surface area contributed by atoms with Gasteiger partial charge in [0.05, 0.1) is 12.2 Å². The Morgan fingerprint density at radius 2 is 1.48 bits per heavy atom. The highest BCUT2D eigenvalue weighted by molar-refractivity contribution is 5.96. The molecule has 0 bridgehead atoms. The number of fused-ring (bicyclic) bond motifs is 1. The van der Waals surface area contributed by atoms with Crippen molar-refractivity contribution in [2.75, 3.05) is 7.11 Å². The maximum absolute atomic E-state index is 13.7. The van der Waals surface area contributed by atoms with Crippen LogP contribution < -0.4 is 0 Å². The van der Waals surface area contributed by atoms with E-state index in [9.17, 15) is 26.7 Å². The van der Waals surface area contributed by atoms with Crippen molar-refractivity contribution in [3.8, 4) is 0 Å². The summed E-state index contributed by atoms with van der Waals surface area (Å²) in [6.45, 7) is -1.20. The van der Waals surface area contributed by atoms with Gasteiger partial charge in [0.25, 0.3) is 0 Å². The Labute approximate surface area is 149 Å². The molecule has 3 rings (SSSR count). The number of furan rings is 1. The van der Waals surface area contributed by atoms with Crippen LogP contribution in [-0.4, -0.2) is 13.1 Å². The number of carbonyl (C=O) groups excluding carboxylic acids is 1. The zero-order valence-electron chi connectivity index (χ0n) is 13.7. The lowest BCUT2D eigenvalue weighted by atomic mass is 10.1. The normalized spacial score (nSPS) is 11.2. The van der Waals surface area contributed by atoms with E-state index in [0.29, 0.717) is 16.5 Å². The summed E-state index contributed by atoms with van der Waals surface area (Å²) < 4.78 is 81.9. The van der Waals surface area contributed by atoms with Gasteiger partial charge in [0.2, 0.25) is 11.6 Å². The fourth-order valence-electron chi connectivity index (χ4n) is 2.53. The average molecular weight is 386 g/mol. The van der Waals surface area contributed by atoms with Crippen molar-refractivity contribution in [1.82, 2.24) is 0 Å². The number of para-hydroxylation sites is 1. The van der Waals surface area contributed by atoms with Crippen LogP contribution in [0.5, 0.6) is 0 Å². The molecule has 0 aliphatic heterocycles. The first kappa shape index (κ1) is 18.8. The van der Waals surface area contributed by atoms with Crippen molar-refractivity contribution in [3.63, 3.8) is 0 Å². The molecule has 9 heteroatoms. The lowest BCUT2D eigenvalue weighted by Gasteiger charge is -2.09. The molecule has 142 valence electrons. The van der Waals surface area contributed by atoms with Gasteiger partial charge in [-0.1, -0.05) is 18.2 Å². The van der Waals surface area contributed by atoms with E-state index in [4.69, 9.17) is 13.9 Å². The Kier molecular flexibility index (Phi) is 5.13. The van der Waals surface area contributed by atoms with E-state index in [1.54, 1.807) is 24.3 Å². The Morgan fingerprint density at radius 1 is 0.889 bits per heavy atom. The summed E-state index contributed by atoms with van der Waals surface area (Å²) in [5.74, 6) is -12.1. The topological polar surface area (TPSA) is 48.7 Å². The molecule has 0 atom stereocenters. The summed E-state index contributed by atoms with van der Waals surface area (Å²) in [7, 11) is 1.38. The van der Waals surface area contributed by atoms with Crippen LogP contribution in [0.15, 0.2) is 28.7 Å². The second-order valence-electron chi connectivity index (χ2n) is 5.46. The number of carbonyl (C=O) groups is 1. The highest BCUT2D eigenvalue weighted by Gasteiger charge is 2.28. The van der Waals surface area contributed by atoms with Crippen molar-refractivity contribution in [2.45, 2.75) is 13.2 Å². The van der Waals surface area contributed by atoms with Crippen LogP contribution in [0.1, 0.15) is 21.7 Å². The Balaban J connectivity index is 1.92. The van der Waals surface area contributed by atoms with Crippen LogP contribution in [0, 0.1) is 29.1 Å². The highest BCUT2D eigenvalue weighted by Crippen LogP contribution is 2.28. The molecule has 0 aliphatic rings. The van der Waals surface area contributed by atoms with Crippen LogP contribution in [0.4, 0.5) is 22.0 Å². The van der Waals surface area contributed by atoms with Gasteiger partial charge in [-0.3, -0.25) is 0 Å². The number of methoxy groups -OCH3 is 1. The van der Waals surface area contributed by atoms with Gasteiger partial charge in [-0.05, 0) is 6.07 Å². The number of rotatable bonds is 5. The molecule has 3 aromatic rings. The van der Waals surface area contributed by atoms with Crippen LogP contribution in [0.25, 0.3) is 11.0 Å². The molecule has 0 N–H and O–H groups in total. The van der Waals surface area contributed by atoms with E-state index in [-0.39, 0.29) is 12.4 Å². The van der Waals surface area contributed by atoms with E-state index in [0.717, 1.165) is 0 Å². The Bertz CT molecular complexity index is 999. The van der Waals surface area contributed by atoms with Crippen molar-refractivity contribution < 1.29 is 40.6 Å². The van der Waals surface area contributed by atoms with Crippen LogP contribution in [0.2, 0.25) is 0 Å². The third kappa shape index (κ3) is 3.25. The molecule has 0 radical (unpaired) electrons. The minimum absolute atomic E-state index is 0.0238. The first-order chi connectivity index (χ1) is 12.9. The van der Waals surface area contributed by atoms with Crippen molar-refractivity contribution in [3.05, 3.63) is 70.2 Å². The van der Waals surface area contributed by atoms with E-state index in [1.807, 2.05) is 0 Å². The third-order valence-corrected chi connectivity index (χ3v) is 3.82. The first-order valence-electron chi connectivity index (χ1n) is 7.53. The van der Waals surface area contributed by atoms with Crippen molar-refractivity contribution >= 4 is 16.9 Å². The molecular formula is C18H11F5O4. The smallest absolute Gasteiger partial charge is 0.374 e. The molecule has 1 aromatic heterocycles. The molecule has 0 saturated carbocycles. The predicted octanol–water partition coefficient (Wildman–Crippen LogP) is 4.63. The van der Waals surface area contributed by atoms with Crippen molar-refractivity contribution in [1.29, 1.82) is 0 Å². The minimum atomic E-state index is -2.29. The van der Waals surface area contributed by atoms with Crippen LogP contribution in [-0.2, 0) is 22.7 Å². The maximum atomic E-state index is 13.7. The number of hydrogen-bond acceptors (Lipinski definition) is 4. The molecule has 1 heterocycles. The lowest BCUT2D eigenvalue weighted by molar-refractivity contribution is 0.0422. The Hall–Kier alpha value is -2.94. The van der Waals surface area contributed by atoms with Gasteiger partial charge < -0.3 is 13.9 Å². The van der Waals surface area contributed by atoms with E-state index in [2.05, 4.69) is 0 Å². The highest BCUT2D eigenvalue weighted by atomic mass is 19.2. The molecule has 0 aliphatic carbocycles. The Morgan fingerprint density at radius 3 is 2.11 bits per heavy atom. The second kappa shape index (κ2) is 7.36. The molecule has 4 nitrogen and oxygen atoms in total. The summed E-state index contributed by atoms with van der Waals surface area (Å²) in [6, 6.07) is 6.59. The largest absolute Gasteiger partial charge is 0.455 e. The summed E-state index contributed by atoms with van der Waals surface area (Å²) in [5, 5.41) is 0.558. The molecule has 2 aromatic carbocycles. The fourth-order valence-corrected chi connectivity index (χ4v) is 2.53. The number of ether oxygens (including phenoxy) is 2. The van der Waals surface area contributed by atoms with E-state index < -0.39 is 47.2 Å². The first-order valence-corrected chi connectivity index (χ1v) is 7.53. The zero-order chi connectivity index (χ0) is 19.7.